The van der Waals surface area contributed by atoms with E-state index in [1.54, 1.807) is 30.2 Å². The highest BCUT2D eigenvalue weighted by atomic mass is 32.2. The predicted octanol–water partition coefficient (Wildman–Crippen LogP) is 2.85. The maximum Gasteiger partial charge on any atom is 0.123 e. The Balaban J connectivity index is 1.99. The maximum absolute atomic E-state index is 12.9. The Morgan fingerprint density at radius 1 is 1.47 bits per heavy atom. The molecule has 0 aliphatic heterocycles. The second kappa shape index (κ2) is 4.49. The molecule has 0 N–H and O–H groups in total. The summed E-state index contributed by atoms with van der Waals surface area (Å²) in [7, 11) is 1.93. The van der Waals surface area contributed by atoms with Crippen molar-refractivity contribution in [2.24, 2.45) is 7.05 Å². The largest absolute Gasteiger partial charge is 0.339 e. The molecule has 2 rings (SSSR count). The lowest BCUT2D eigenvalue weighted by atomic mass is 10.2. The highest BCUT2D eigenvalue weighted by molar-refractivity contribution is 7.98. The number of rotatable bonds is 3. The summed E-state index contributed by atoms with van der Waals surface area (Å²) in [5, 5.41) is 0.960. The smallest absolute Gasteiger partial charge is 0.123 e. The third kappa shape index (κ3) is 2.83. The minimum Gasteiger partial charge on any atom is -0.339 e. The second-order valence-corrected chi connectivity index (χ2v) is 4.29. The summed E-state index contributed by atoms with van der Waals surface area (Å²) in [6, 6.07) is 6.65. The molecule has 1 aromatic heterocycles. The first-order valence-corrected chi connectivity index (χ1v) is 5.58. The second-order valence-electron chi connectivity index (χ2n) is 3.30. The van der Waals surface area contributed by atoms with Crippen molar-refractivity contribution in [3.63, 3.8) is 0 Å². The van der Waals surface area contributed by atoms with Crippen LogP contribution < -0.4 is 0 Å². The summed E-state index contributed by atoms with van der Waals surface area (Å²) in [5.74, 6) is 0.559. The van der Waals surface area contributed by atoms with Crippen LogP contribution in [0.1, 0.15) is 5.56 Å². The topological polar surface area (TPSA) is 17.8 Å². The van der Waals surface area contributed by atoms with Crippen LogP contribution in [-0.4, -0.2) is 9.55 Å². The van der Waals surface area contributed by atoms with E-state index in [9.17, 15) is 4.39 Å². The Labute approximate surface area is 92.1 Å². The van der Waals surface area contributed by atoms with E-state index in [1.165, 1.54) is 6.07 Å². The minimum absolute atomic E-state index is 0.186. The zero-order valence-electron chi connectivity index (χ0n) is 8.35. The summed E-state index contributed by atoms with van der Waals surface area (Å²) < 4.78 is 14.8. The highest BCUT2D eigenvalue weighted by Crippen LogP contribution is 2.20. The highest BCUT2D eigenvalue weighted by Gasteiger charge is 1.99. The van der Waals surface area contributed by atoms with E-state index in [0.717, 1.165) is 16.3 Å². The lowest BCUT2D eigenvalue weighted by molar-refractivity contribution is 0.626. The maximum atomic E-state index is 12.9. The van der Waals surface area contributed by atoms with Gasteiger partial charge in [0.15, 0.2) is 0 Å². The Hall–Kier alpha value is -1.29. The number of aryl methyl sites for hydroxylation is 1. The van der Waals surface area contributed by atoms with Gasteiger partial charge in [0.05, 0.1) is 6.33 Å². The lowest BCUT2D eigenvalue weighted by Crippen LogP contribution is -1.82. The van der Waals surface area contributed by atoms with E-state index in [0.29, 0.717) is 0 Å². The Bertz CT molecular complexity index is 453. The molecule has 4 heteroatoms. The van der Waals surface area contributed by atoms with Crippen molar-refractivity contribution in [2.45, 2.75) is 10.8 Å². The van der Waals surface area contributed by atoms with Gasteiger partial charge in [-0.2, -0.15) is 0 Å². The number of halogens is 1. The summed E-state index contributed by atoms with van der Waals surface area (Å²) in [5.41, 5.74) is 0.977. The number of thioether (sulfide) groups is 1. The third-order valence-electron chi connectivity index (χ3n) is 1.96. The number of nitrogens with zero attached hydrogens (tertiary/aromatic N) is 2. The number of imidazole rings is 1. The molecular formula is C11H11FN2S. The van der Waals surface area contributed by atoms with Gasteiger partial charge in [0, 0.05) is 19.0 Å². The van der Waals surface area contributed by atoms with Gasteiger partial charge in [-0.3, -0.25) is 0 Å². The van der Waals surface area contributed by atoms with E-state index in [1.807, 2.05) is 23.9 Å². The van der Waals surface area contributed by atoms with Crippen LogP contribution in [0.3, 0.4) is 0 Å². The SMILES string of the molecule is Cn1cnc(SCc2cccc(F)c2)c1. The summed E-state index contributed by atoms with van der Waals surface area (Å²) in [6.45, 7) is 0. The van der Waals surface area contributed by atoms with Crippen molar-refractivity contribution >= 4 is 11.8 Å². The average molecular weight is 222 g/mol. The molecule has 1 heterocycles. The van der Waals surface area contributed by atoms with Gasteiger partial charge < -0.3 is 4.57 Å². The number of benzene rings is 1. The van der Waals surface area contributed by atoms with Crippen LogP contribution in [0.4, 0.5) is 4.39 Å². The molecule has 0 saturated carbocycles. The van der Waals surface area contributed by atoms with Crippen LogP contribution in [-0.2, 0) is 12.8 Å². The van der Waals surface area contributed by atoms with Gasteiger partial charge in [-0.05, 0) is 17.7 Å². The molecule has 0 fully saturated rings. The molecule has 2 aromatic rings. The molecule has 0 spiro atoms. The zero-order chi connectivity index (χ0) is 10.7. The van der Waals surface area contributed by atoms with Crippen molar-refractivity contribution in [3.05, 3.63) is 48.2 Å². The Morgan fingerprint density at radius 2 is 2.33 bits per heavy atom. The first kappa shape index (κ1) is 10.2. The zero-order valence-corrected chi connectivity index (χ0v) is 9.17. The molecule has 0 bridgehead atoms. The Kier molecular flexibility index (Phi) is 3.06. The number of hydrogen-bond acceptors (Lipinski definition) is 2. The molecule has 0 unspecified atom stereocenters. The first-order valence-electron chi connectivity index (χ1n) is 4.59. The number of hydrogen-bond donors (Lipinski definition) is 0. The van der Waals surface area contributed by atoms with Gasteiger partial charge in [-0.25, -0.2) is 9.37 Å². The third-order valence-corrected chi connectivity index (χ3v) is 2.94. The predicted molar refractivity (Wildman–Crippen MR) is 59.2 cm³/mol. The average Bonchev–Trinajstić information content (AvgIpc) is 2.62. The monoisotopic (exact) mass is 222 g/mol. The van der Waals surface area contributed by atoms with Crippen LogP contribution in [0.15, 0.2) is 41.8 Å². The molecule has 0 atom stereocenters. The van der Waals surface area contributed by atoms with E-state index >= 15 is 0 Å². The van der Waals surface area contributed by atoms with Crippen LogP contribution in [0.2, 0.25) is 0 Å². The van der Waals surface area contributed by atoms with Crippen LogP contribution in [0.25, 0.3) is 0 Å². The molecule has 0 aliphatic carbocycles. The van der Waals surface area contributed by atoms with Crippen LogP contribution >= 0.6 is 11.8 Å². The minimum atomic E-state index is -0.186. The van der Waals surface area contributed by atoms with Gasteiger partial charge in [-0.15, -0.1) is 11.8 Å². The van der Waals surface area contributed by atoms with Gasteiger partial charge in [0.1, 0.15) is 10.8 Å². The van der Waals surface area contributed by atoms with Crippen molar-refractivity contribution in [1.29, 1.82) is 0 Å². The van der Waals surface area contributed by atoms with Crippen molar-refractivity contribution in [1.82, 2.24) is 9.55 Å². The fourth-order valence-corrected chi connectivity index (χ4v) is 2.10. The fourth-order valence-electron chi connectivity index (χ4n) is 1.25. The van der Waals surface area contributed by atoms with Gasteiger partial charge in [-0.1, -0.05) is 12.1 Å². The van der Waals surface area contributed by atoms with Crippen LogP contribution in [0.5, 0.6) is 0 Å². The molecule has 0 amide bonds. The molecule has 0 aliphatic rings. The Morgan fingerprint density at radius 3 is 3.00 bits per heavy atom. The summed E-state index contributed by atoms with van der Waals surface area (Å²) in [4.78, 5) is 4.19. The standard InChI is InChI=1S/C11H11FN2S/c1-14-6-11(13-8-14)15-7-9-3-2-4-10(12)5-9/h2-6,8H,7H2,1H3. The molecule has 1 aromatic carbocycles. The molecule has 0 saturated heterocycles. The molecule has 0 radical (unpaired) electrons. The molecule has 15 heavy (non-hydrogen) atoms. The molecular weight excluding hydrogens is 211 g/mol. The quantitative estimate of drug-likeness (QED) is 0.743. The van der Waals surface area contributed by atoms with Gasteiger partial charge in [0.25, 0.3) is 0 Å². The van der Waals surface area contributed by atoms with E-state index in [2.05, 4.69) is 4.98 Å². The van der Waals surface area contributed by atoms with Crippen molar-refractivity contribution in [2.75, 3.05) is 0 Å². The lowest BCUT2D eigenvalue weighted by Gasteiger charge is -1.98. The van der Waals surface area contributed by atoms with Crippen molar-refractivity contribution in [3.8, 4) is 0 Å². The van der Waals surface area contributed by atoms with Crippen molar-refractivity contribution < 1.29 is 4.39 Å². The van der Waals surface area contributed by atoms with Gasteiger partial charge >= 0.3 is 0 Å². The van der Waals surface area contributed by atoms with Crippen LogP contribution in [0, 0.1) is 5.82 Å². The molecule has 78 valence electrons. The van der Waals surface area contributed by atoms with E-state index < -0.39 is 0 Å². The van der Waals surface area contributed by atoms with Gasteiger partial charge in [0.2, 0.25) is 0 Å². The van der Waals surface area contributed by atoms with E-state index in [4.69, 9.17) is 0 Å². The molecule has 2 nitrogen and oxygen atoms in total. The fraction of sp³-hybridized carbons (Fsp3) is 0.182. The number of aromatic nitrogens is 2. The first-order chi connectivity index (χ1) is 7.24. The summed E-state index contributed by atoms with van der Waals surface area (Å²) in [6.07, 6.45) is 3.71. The normalized spacial score (nSPS) is 10.5. The van der Waals surface area contributed by atoms with E-state index in [-0.39, 0.29) is 5.82 Å². The summed E-state index contributed by atoms with van der Waals surface area (Å²) >= 11 is 1.60.